The second-order valence-corrected chi connectivity index (χ2v) is 5.26. The summed E-state index contributed by atoms with van der Waals surface area (Å²) in [7, 11) is 0. The zero-order valence-electron chi connectivity index (χ0n) is 12.9. The maximum absolute atomic E-state index is 13.2. The molecule has 0 saturated carbocycles. The number of carbonyl (C=O) groups excluding carboxylic acids is 1. The van der Waals surface area contributed by atoms with Gasteiger partial charge in [0.1, 0.15) is 5.82 Å². The monoisotopic (exact) mass is 300 g/mol. The number of nitrogens with one attached hydrogen (secondary N) is 2. The van der Waals surface area contributed by atoms with Gasteiger partial charge in [-0.2, -0.15) is 0 Å². The standard InChI is InChI=1S/C18H21FN2O/c1-3-6-18(22)21-17-10-5-9-16(13(17)2)20-12-14-7-4-8-15(19)11-14/h4-5,7-11,20H,3,6,12H2,1-2H3,(H,21,22). The fourth-order valence-corrected chi connectivity index (χ4v) is 2.25. The fourth-order valence-electron chi connectivity index (χ4n) is 2.25. The maximum Gasteiger partial charge on any atom is 0.224 e. The SMILES string of the molecule is CCCC(=O)Nc1cccc(NCc2cccc(F)c2)c1C. The van der Waals surface area contributed by atoms with Gasteiger partial charge < -0.3 is 10.6 Å². The summed E-state index contributed by atoms with van der Waals surface area (Å²) in [6, 6.07) is 12.2. The van der Waals surface area contributed by atoms with Crippen LogP contribution >= 0.6 is 0 Å². The molecule has 22 heavy (non-hydrogen) atoms. The molecule has 0 aliphatic heterocycles. The van der Waals surface area contributed by atoms with Crippen molar-refractivity contribution < 1.29 is 9.18 Å². The molecule has 0 spiro atoms. The molecule has 0 bridgehead atoms. The molecule has 116 valence electrons. The summed E-state index contributed by atoms with van der Waals surface area (Å²) in [5, 5.41) is 6.20. The van der Waals surface area contributed by atoms with Crippen molar-refractivity contribution in [3.05, 3.63) is 59.4 Å². The van der Waals surface area contributed by atoms with Gasteiger partial charge in [-0.05, 0) is 48.7 Å². The van der Waals surface area contributed by atoms with Crippen LogP contribution in [0.4, 0.5) is 15.8 Å². The maximum atomic E-state index is 13.2. The summed E-state index contributed by atoms with van der Waals surface area (Å²) in [5.74, 6) is -0.218. The van der Waals surface area contributed by atoms with E-state index in [4.69, 9.17) is 0 Å². The molecule has 0 fully saturated rings. The third kappa shape index (κ3) is 4.32. The fraction of sp³-hybridized carbons (Fsp3) is 0.278. The summed E-state index contributed by atoms with van der Waals surface area (Å²) in [6.07, 6.45) is 1.34. The molecule has 0 aliphatic carbocycles. The molecule has 0 atom stereocenters. The number of anilines is 2. The van der Waals surface area contributed by atoms with Crippen LogP contribution in [0.5, 0.6) is 0 Å². The summed E-state index contributed by atoms with van der Waals surface area (Å²) in [4.78, 5) is 11.7. The molecule has 2 aromatic carbocycles. The predicted molar refractivity (Wildman–Crippen MR) is 88.4 cm³/mol. The van der Waals surface area contributed by atoms with E-state index in [0.717, 1.165) is 28.9 Å². The van der Waals surface area contributed by atoms with Crippen LogP contribution < -0.4 is 10.6 Å². The molecule has 3 nitrogen and oxygen atoms in total. The summed E-state index contributed by atoms with van der Waals surface area (Å²) in [5.41, 5.74) is 3.59. The van der Waals surface area contributed by atoms with Gasteiger partial charge >= 0.3 is 0 Å². The smallest absolute Gasteiger partial charge is 0.224 e. The van der Waals surface area contributed by atoms with E-state index in [-0.39, 0.29) is 11.7 Å². The van der Waals surface area contributed by atoms with Crippen molar-refractivity contribution >= 4 is 17.3 Å². The molecular weight excluding hydrogens is 279 g/mol. The van der Waals surface area contributed by atoms with Crippen LogP contribution in [0.1, 0.15) is 30.9 Å². The van der Waals surface area contributed by atoms with Gasteiger partial charge in [-0.15, -0.1) is 0 Å². The van der Waals surface area contributed by atoms with Gasteiger partial charge in [-0.1, -0.05) is 25.1 Å². The van der Waals surface area contributed by atoms with Crippen LogP contribution in [0.25, 0.3) is 0 Å². The highest BCUT2D eigenvalue weighted by molar-refractivity contribution is 5.92. The number of benzene rings is 2. The van der Waals surface area contributed by atoms with Gasteiger partial charge in [0.05, 0.1) is 0 Å². The minimum Gasteiger partial charge on any atom is -0.381 e. The molecule has 2 aromatic rings. The van der Waals surface area contributed by atoms with Gasteiger partial charge in [0.15, 0.2) is 0 Å². The highest BCUT2D eigenvalue weighted by atomic mass is 19.1. The topological polar surface area (TPSA) is 41.1 Å². The Bertz CT molecular complexity index is 655. The third-order valence-electron chi connectivity index (χ3n) is 3.46. The average molecular weight is 300 g/mol. The van der Waals surface area contributed by atoms with E-state index in [1.54, 1.807) is 6.07 Å². The van der Waals surface area contributed by atoms with E-state index in [0.29, 0.717) is 13.0 Å². The van der Waals surface area contributed by atoms with Crippen molar-refractivity contribution in [2.75, 3.05) is 10.6 Å². The second kappa shape index (κ2) is 7.59. The Hall–Kier alpha value is -2.36. The van der Waals surface area contributed by atoms with E-state index in [2.05, 4.69) is 10.6 Å². The minimum atomic E-state index is -0.239. The van der Waals surface area contributed by atoms with Crippen LogP contribution in [0.3, 0.4) is 0 Å². The number of carbonyl (C=O) groups is 1. The van der Waals surface area contributed by atoms with Gasteiger partial charge in [0.25, 0.3) is 0 Å². The summed E-state index contributed by atoms with van der Waals surface area (Å²) >= 11 is 0. The molecule has 0 aromatic heterocycles. The molecule has 0 radical (unpaired) electrons. The lowest BCUT2D eigenvalue weighted by Crippen LogP contribution is -2.12. The van der Waals surface area contributed by atoms with Crippen LogP contribution in [0.2, 0.25) is 0 Å². The first-order valence-electron chi connectivity index (χ1n) is 7.48. The largest absolute Gasteiger partial charge is 0.381 e. The molecule has 0 aliphatic rings. The Labute approximate surface area is 130 Å². The Morgan fingerprint density at radius 3 is 2.59 bits per heavy atom. The predicted octanol–water partition coefficient (Wildman–Crippen LogP) is 4.48. The van der Waals surface area contributed by atoms with Gasteiger partial charge in [-0.3, -0.25) is 4.79 Å². The van der Waals surface area contributed by atoms with E-state index in [1.807, 2.05) is 38.1 Å². The number of amides is 1. The molecule has 0 saturated heterocycles. The number of hydrogen-bond acceptors (Lipinski definition) is 2. The third-order valence-corrected chi connectivity index (χ3v) is 3.46. The van der Waals surface area contributed by atoms with Gasteiger partial charge in [0, 0.05) is 24.3 Å². The van der Waals surface area contributed by atoms with Crippen LogP contribution in [-0.4, -0.2) is 5.91 Å². The highest BCUT2D eigenvalue weighted by Crippen LogP contribution is 2.24. The lowest BCUT2D eigenvalue weighted by Gasteiger charge is -2.14. The molecule has 1 amide bonds. The second-order valence-electron chi connectivity index (χ2n) is 5.26. The van der Waals surface area contributed by atoms with E-state index >= 15 is 0 Å². The molecule has 0 heterocycles. The van der Waals surface area contributed by atoms with Crippen LogP contribution in [0.15, 0.2) is 42.5 Å². The molecule has 0 unspecified atom stereocenters. The molecular formula is C18H21FN2O. The first-order chi connectivity index (χ1) is 10.6. The average Bonchev–Trinajstić information content (AvgIpc) is 2.48. The quantitative estimate of drug-likeness (QED) is 0.825. The van der Waals surface area contributed by atoms with Crippen molar-refractivity contribution in [1.82, 2.24) is 0 Å². The van der Waals surface area contributed by atoms with Crippen LogP contribution in [0, 0.1) is 12.7 Å². The first-order valence-corrected chi connectivity index (χ1v) is 7.48. The van der Waals surface area contributed by atoms with Crippen molar-refractivity contribution in [2.24, 2.45) is 0 Å². The van der Waals surface area contributed by atoms with Crippen molar-refractivity contribution in [2.45, 2.75) is 33.2 Å². The minimum absolute atomic E-state index is 0.0212. The van der Waals surface area contributed by atoms with E-state index in [1.165, 1.54) is 12.1 Å². The van der Waals surface area contributed by atoms with E-state index in [9.17, 15) is 9.18 Å². The summed E-state index contributed by atoms with van der Waals surface area (Å²) < 4.78 is 13.2. The van der Waals surface area contributed by atoms with E-state index < -0.39 is 0 Å². The van der Waals surface area contributed by atoms with Gasteiger partial charge in [0.2, 0.25) is 5.91 Å². The van der Waals surface area contributed by atoms with Crippen molar-refractivity contribution in [1.29, 1.82) is 0 Å². The number of halogens is 1. The molecule has 2 N–H and O–H groups in total. The normalized spacial score (nSPS) is 10.3. The number of hydrogen-bond donors (Lipinski definition) is 2. The highest BCUT2D eigenvalue weighted by Gasteiger charge is 2.07. The van der Waals surface area contributed by atoms with Crippen molar-refractivity contribution in [3.63, 3.8) is 0 Å². The van der Waals surface area contributed by atoms with Gasteiger partial charge in [-0.25, -0.2) is 4.39 Å². The Balaban J connectivity index is 2.07. The lowest BCUT2D eigenvalue weighted by molar-refractivity contribution is -0.116. The van der Waals surface area contributed by atoms with Crippen molar-refractivity contribution in [3.8, 4) is 0 Å². The zero-order valence-corrected chi connectivity index (χ0v) is 12.9. The Morgan fingerprint density at radius 2 is 1.86 bits per heavy atom. The zero-order chi connectivity index (χ0) is 15.9. The van der Waals surface area contributed by atoms with Crippen LogP contribution in [-0.2, 0) is 11.3 Å². The summed E-state index contributed by atoms with van der Waals surface area (Å²) in [6.45, 7) is 4.46. The first kappa shape index (κ1) is 16.0. The Kier molecular flexibility index (Phi) is 5.53. The Morgan fingerprint density at radius 1 is 1.14 bits per heavy atom. The lowest BCUT2D eigenvalue weighted by atomic mass is 10.1. The molecule has 4 heteroatoms. The number of rotatable bonds is 6. The molecule has 2 rings (SSSR count).